The summed E-state index contributed by atoms with van der Waals surface area (Å²) in [5, 5.41) is 52.8. The Morgan fingerprint density at radius 1 is 1.14 bits per heavy atom. The molecule has 0 aromatic rings. The molecule has 28 heavy (non-hydrogen) atoms. The van der Waals surface area contributed by atoms with Crippen LogP contribution in [0.3, 0.4) is 0 Å². The lowest BCUT2D eigenvalue weighted by Crippen LogP contribution is -2.63. The number of nitrogens with one attached hydrogen (secondary N) is 1. The lowest BCUT2D eigenvalue weighted by atomic mass is 9.75. The van der Waals surface area contributed by atoms with Gasteiger partial charge in [-0.2, -0.15) is 0 Å². The Labute approximate surface area is 163 Å². The first-order valence-corrected chi connectivity index (χ1v) is 9.69. The summed E-state index contributed by atoms with van der Waals surface area (Å²) in [5.41, 5.74) is 17.2. The molecular weight excluding hydrogens is 372 g/mol. The standard InChI is InChI=1S/C17H34N4O7/c18-2-1-10(23)17(27)21-9-3-7(19)4-11(24)8(9)5-12-15(25)14(20)16(26)13(6-22)28-12/h7-16,22-26H,1-6,18-20H2,(H,21,27)/t7-,8-,9+,10-,11-,12+,13+,14+,15-,16+/m0/s1. The molecule has 12 N–H and O–H groups in total. The van der Waals surface area contributed by atoms with Crippen molar-refractivity contribution in [2.24, 2.45) is 23.1 Å². The van der Waals surface area contributed by atoms with Crippen molar-refractivity contribution in [3.8, 4) is 0 Å². The van der Waals surface area contributed by atoms with Gasteiger partial charge in [-0.3, -0.25) is 4.79 Å². The fraction of sp³-hybridized carbons (Fsp3) is 0.941. The molecule has 11 heteroatoms. The van der Waals surface area contributed by atoms with E-state index in [0.29, 0.717) is 12.8 Å². The SMILES string of the molecule is NCC[C@H](O)C(=O)N[C@@H]1C[C@H](N)C[C@H](O)[C@H]1C[C@H]1O[C@H](CO)[C@@H](O)[C@H](N)[C@H]1O. The van der Waals surface area contributed by atoms with Gasteiger partial charge in [-0.25, -0.2) is 0 Å². The molecule has 0 unspecified atom stereocenters. The van der Waals surface area contributed by atoms with Crippen molar-refractivity contribution in [3.05, 3.63) is 0 Å². The molecule has 0 spiro atoms. The minimum absolute atomic E-state index is 0.104. The fourth-order valence-electron chi connectivity index (χ4n) is 4.10. The second kappa shape index (κ2) is 10.2. The zero-order valence-electron chi connectivity index (χ0n) is 15.8. The number of aliphatic hydroxyl groups excluding tert-OH is 5. The summed E-state index contributed by atoms with van der Waals surface area (Å²) in [6.45, 7) is -0.322. The van der Waals surface area contributed by atoms with Crippen LogP contribution in [0.15, 0.2) is 0 Å². The van der Waals surface area contributed by atoms with Crippen molar-refractivity contribution in [3.63, 3.8) is 0 Å². The van der Waals surface area contributed by atoms with Crippen molar-refractivity contribution in [2.45, 2.75) is 80.4 Å². The van der Waals surface area contributed by atoms with Crippen LogP contribution in [0.2, 0.25) is 0 Å². The number of carbonyl (C=O) groups excluding carboxylic acids is 1. The number of nitrogens with two attached hydrogens (primary N) is 3. The Hall–Kier alpha value is -0.890. The van der Waals surface area contributed by atoms with Crippen molar-refractivity contribution >= 4 is 5.91 Å². The van der Waals surface area contributed by atoms with E-state index in [9.17, 15) is 30.3 Å². The van der Waals surface area contributed by atoms with Crippen molar-refractivity contribution in [2.75, 3.05) is 13.2 Å². The van der Waals surface area contributed by atoms with E-state index in [1.165, 1.54) is 0 Å². The topological polar surface area (TPSA) is 218 Å². The van der Waals surface area contributed by atoms with Gasteiger partial charge >= 0.3 is 0 Å². The second-order valence-electron chi connectivity index (χ2n) is 7.86. The minimum Gasteiger partial charge on any atom is -0.394 e. The number of aliphatic hydroxyl groups is 5. The van der Waals surface area contributed by atoms with Crippen molar-refractivity contribution in [1.29, 1.82) is 0 Å². The molecule has 11 nitrogen and oxygen atoms in total. The molecule has 1 saturated heterocycles. The molecule has 1 aliphatic heterocycles. The van der Waals surface area contributed by atoms with Gasteiger partial charge in [0.25, 0.3) is 0 Å². The van der Waals surface area contributed by atoms with E-state index in [1.54, 1.807) is 0 Å². The van der Waals surface area contributed by atoms with E-state index >= 15 is 0 Å². The van der Waals surface area contributed by atoms with Gasteiger partial charge < -0.3 is 52.8 Å². The zero-order chi connectivity index (χ0) is 21.0. The number of rotatable bonds is 7. The number of amides is 1. The molecule has 0 aromatic carbocycles. The molecule has 1 heterocycles. The van der Waals surface area contributed by atoms with E-state index in [0.717, 1.165) is 0 Å². The number of hydrogen-bond donors (Lipinski definition) is 9. The summed E-state index contributed by atoms with van der Waals surface area (Å²) >= 11 is 0. The van der Waals surface area contributed by atoms with Crippen molar-refractivity contribution in [1.82, 2.24) is 5.32 Å². The molecule has 0 radical (unpaired) electrons. The van der Waals surface area contributed by atoms with Crippen LogP contribution in [-0.2, 0) is 9.53 Å². The first-order chi connectivity index (χ1) is 13.2. The van der Waals surface area contributed by atoms with E-state index in [1.807, 2.05) is 0 Å². The molecule has 2 rings (SSSR count). The predicted molar refractivity (Wildman–Crippen MR) is 98.7 cm³/mol. The van der Waals surface area contributed by atoms with E-state index in [-0.39, 0.29) is 25.4 Å². The summed E-state index contributed by atoms with van der Waals surface area (Å²) < 4.78 is 5.60. The zero-order valence-corrected chi connectivity index (χ0v) is 15.8. The van der Waals surface area contributed by atoms with Gasteiger partial charge in [0.1, 0.15) is 18.3 Å². The highest BCUT2D eigenvalue weighted by molar-refractivity contribution is 5.80. The molecule has 2 aliphatic rings. The summed E-state index contributed by atoms with van der Waals surface area (Å²) in [5.74, 6) is -1.12. The van der Waals surface area contributed by atoms with Crippen LogP contribution < -0.4 is 22.5 Å². The average Bonchev–Trinajstić information content (AvgIpc) is 2.64. The highest BCUT2D eigenvalue weighted by atomic mass is 16.5. The molecule has 0 bridgehead atoms. The van der Waals surface area contributed by atoms with Gasteiger partial charge in [0.15, 0.2) is 0 Å². The lowest BCUT2D eigenvalue weighted by Gasteiger charge is -2.45. The van der Waals surface area contributed by atoms with Crippen LogP contribution in [-0.4, -0.2) is 99.3 Å². The van der Waals surface area contributed by atoms with Gasteiger partial charge in [-0.05, 0) is 32.2 Å². The predicted octanol–water partition coefficient (Wildman–Crippen LogP) is -4.52. The lowest BCUT2D eigenvalue weighted by molar-refractivity contribution is -0.197. The van der Waals surface area contributed by atoms with Crippen LogP contribution in [0.5, 0.6) is 0 Å². The molecule has 1 amide bonds. The second-order valence-corrected chi connectivity index (χ2v) is 7.86. The van der Waals surface area contributed by atoms with Gasteiger partial charge in [0, 0.05) is 18.0 Å². The quantitative estimate of drug-likeness (QED) is 0.197. The number of hydrogen-bond acceptors (Lipinski definition) is 10. The van der Waals surface area contributed by atoms with Crippen LogP contribution in [0.4, 0.5) is 0 Å². The Morgan fingerprint density at radius 3 is 2.39 bits per heavy atom. The Balaban J connectivity index is 2.11. The van der Waals surface area contributed by atoms with Crippen LogP contribution >= 0.6 is 0 Å². The summed E-state index contributed by atoms with van der Waals surface area (Å²) in [7, 11) is 0. The molecule has 0 aromatic heterocycles. The molecule has 1 aliphatic carbocycles. The highest BCUT2D eigenvalue weighted by Crippen LogP contribution is 2.32. The van der Waals surface area contributed by atoms with Gasteiger partial charge in [0.2, 0.25) is 5.91 Å². The highest BCUT2D eigenvalue weighted by Gasteiger charge is 2.46. The molecule has 164 valence electrons. The van der Waals surface area contributed by atoms with E-state index in [2.05, 4.69) is 5.32 Å². The van der Waals surface area contributed by atoms with E-state index in [4.69, 9.17) is 21.9 Å². The van der Waals surface area contributed by atoms with Crippen LogP contribution in [0, 0.1) is 5.92 Å². The van der Waals surface area contributed by atoms with Crippen molar-refractivity contribution < 1.29 is 35.1 Å². The largest absolute Gasteiger partial charge is 0.394 e. The maximum absolute atomic E-state index is 12.2. The third-order valence-electron chi connectivity index (χ3n) is 5.77. The number of carbonyl (C=O) groups is 1. The first kappa shape index (κ1) is 23.4. The molecule has 10 atom stereocenters. The summed E-state index contributed by atoms with van der Waals surface area (Å²) in [6, 6.07) is -1.90. The van der Waals surface area contributed by atoms with Gasteiger partial charge in [-0.1, -0.05) is 0 Å². The van der Waals surface area contributed by atoms with Crippen LogP contribution in [0.1, 0.15) is 25.7 Å². The summed E-state index contributed by atoms with van der Waals surface area (Å²) in [6.07, 6.45) is -5.44. The average molecular weight is 406 g/mol. The minimum atomic E-state index is -1.26. The first-order valence-electron chi connectivity index (χ1n) is 9.69. The monoisotopic (exact) mass is 406 g/mol. The molecule has 2 fully saturated rings. The van der Waals surface area contributed by atoms with Crippen LogP contribution in [0.25, 0.3) is 0 Å². The number of ether oxygens (including phenoxy) is 1. The fourth-order valence-corrected chi connectivity index (χ4v) is 4.10. The Bertz CT molecular complexity index is 512. The van der Waals surface area contributed by atoms with E-state index < -0.39 is 67.1 Å². The Morgan fingerprint density at radius 2 is 1.79 bits per heavy atom. The smallest absolute Gasteiger partial charge is 0.249 e. The summed E-state index contributed by atoms with van der Waals surface area (Å²) in [4.78, 5) is 12.2. The maximum Gasteiger partial charge on any atom is 0.249 e. The van der Waals surface area contributed by atoms with Gasteiger partial charge in [0.05, 0.1) is 31.0 Å². The third-order valence-corrected chi connectivity index (χ3v) is 5.77. The third kappa shape index (κ3) is 5.38. The molecular formula is C17H34N4O7. The van der Waals surface area contributed by atoms with Gasteiger partial charge in [-0.15, -0.1) is 0 Å². The normalized spacial score (nSPS) is 42.8. The maximum atomic E-state index is 12.2. The molecule has 1 saturated carbocycles. The Kier molecular flexibility index (Phi) is 8.55.